The van der Waals surface area contributed by atoms with E-state index < -0.39 is 0 Å². The van der Waals surface area contributed by atoms with Crippen LogP contribution in [-0.4, -0.2) is 39.7 Å². The second kappa shape index (κ2) is 5.61. The van der Waals surface area contributed by atoms with Crippen LogP contribution in [0.15, 0.2) is 6.07 Å². The van der Waals surface area contributed by atoms with Crippen molar-refractivity contribution in [1.82, 2.24) is 14.7 Å². The van der Waals surface area contributed by atoms with Gasteiger partial charge in [0.2, 0.25) is 0 Å². The summed E-state index contributed by atoms with van der Waals surface area (Å²) in [5.41, 5.74) is 7.59. The van der Waals surface area contributed by atoms with Crippen LogP contribution in [0, 0.1) is 0 Å². The van der Waals surface area contributed by atoms with Crippen molar-refractivity contribution in [3.63, 3.8) is 0 Å². The first-order valence-electron chi connectivity index (χ1n) is 7.51. The van der Waals surface area contributed by atoms with Gasteiger partial charge in [-0.25, -0.2) is 0 Å². The van der Waals surface area contributed by atoms with Gasteiger partial charge in [0.1, 0.15) is 0 Å². The summed E-state index contributed by atoms with van der Waals surface area (Å²) >= 11 is 0. The third-order valence-electron chi connectivity index (χ3n) is 4.10. The fourth-order valence-corrected chi connectivity index (χ4v) is 2.84. The Labute approximate surface area is 132 Å². The molecule has 1 aliphatic heterocycles. The van der Waals surface area contributed by atoms with Gasteiger partial charge in [-0.05, 0) is 46.1 Å². The van der Waals surface area contributed by atoms with E-state index in [2.05, 4.69) is 25.9 Å². The van der Waals surface area contributed by atoms with Crippen molar-refractivity contribution in [2.45, 2.75) is 57.5 Å². The number of hydrogen-bond acceptors (Lipinski definition) is 3. The van der Waals surface area contributed by atoms with E-state index in [0.29, 0.717) is 18.2 Å². The Morgan fingerprint density at radius 2 is 2.00 bits per heavy atom. The first kappa shape index (κ1) is 16.3. The number of nitrogens with two attached hydrogens (primary N) is 1. The maximum absolute atomic E-state index is 12.5. The molecule has 118 valence electrons. The smallest absolute Gasteiger partial charge is 0.274 e. The number of hydrogen-bond donors (Lipinski definition) is 1. The highest BCUT2D eigenvalue weighted by atomic mass is 35.5. The molecule has 1 aromatic rings. The molecular weight excluding hydrogens is 288 g/mol. The molecule has 6 heteroatoms. The molecule has 0 spiro atoms. The quantitative estimate of drug-likeness (QED) is 0.909. The van der Waals surface area contributed by atoms with Gasteiger partial charge in [-0.2, -0.15) is 5.10 Å². The summed E-state index contributed by atoms with van der Waals surface area (Å²) in [5.74, 6) is 0.618. The molecule has 3 rings (SSSR count). The predicted molar refractivity (Wildman–Crippen MR) is 84.9 cm³/mol. The van der Waals surface area contributed by atoms with Gasteiger partial charge in [0.25, 0.3) is 5.91 Å². The van der Waals surface area contributed by atoms with E-state index in [1.807, 2.05) is 15.6 Å². The first-order chi connectivity index (χ1) is 9.36. The summed E-state index contributed by atoms with van der Waals surface area (Å²) in [7, 11) is 0. The summed E-state index contributed by atoms with van der Waals surface area (Å²) in [6.07, 6.45) is 3.31. The normalized spacial score (nSPS) is 22.3. The summed E-state index contributed by atoms with van der Waals surface area (Å²) in [5, 5.41) is 4.60. The maximum atomic E-state index is 12.5. The lowest BCUT2D eigenvalue weighted by atomic mass is 10.1. The molecule has 0 unspecified atom stereocenters. The summed E-state index contributed by atoms with van der Waals surface area (Å²) in [6, 6.07) is 2.11. The van der Waals surface area contributed by atoms with E-state index in [0.717, 1.165) is 13.0 Å². The third-order valence-corrected chi connectivity index (χ3v) is 4.10. The Hall–Kier alpha value is -1.07. The average Bonchev–Trinajstić information content (AvgIpc) is 2.95. The van der Waals surface area contributed by atoms with Gasteiger partial charge in [0.05, 0.1) is 5.54 Å². The molecule has 5 nitrogen and oxygen atoms in total. The van der Waals surface area contributed by atoms with Crippen LogP contribution in [0.4, 0.5) is 0 Å². The fraction of sp³-hybridized carbons (Fsp3) is 0.733. The van der Waals surface area contributed by atoms with Crippen molar-refractivity contribution in [2.75, 3.05) is 13.1 Å². The minimum Gasteiger partial charge on any atom is -0.336 e. The van der Waals surface area contributed by atoms with Crippen LogP contribution in [0.5, 0.6) is 0 Å². The van der Waals surface area contributed by atoms with E-state index in [9.17, 15) is 4.79 Å². The molecule has 2 heterocycles. The number of carbonyl (C=O) groups excluding carboxylic acids is 1. The zero-order valence-electron chi connectivity index (χ0n) is 13.0. The number of nitrogens with zero attached hydrogens (tertiary/aromatic N) is 3. The SMILES string of the molecule is CC(C)(C)n1nc(C(=O)N2CC[C@@H](N)C2)cc1C1CC1.Cl. The van der Waals surface area contributed by atoms with Gasteiger partial charge >= 0.3 is 0 Å². The average molecular weight is 313 g/mol. The molecule has 1 aromatic heterocycles. The van der Waals surface area contributed by atoms with Crippen molar-refractivity contribution >= 4 is 18.3 Å². The molecule has 0 radical (unpaired) electrons. The minimum absolute atomic E-state index is 0. The van der Waals surface area contributed by atoms with E-state index in [1.165, 1.54) is 18.5 Å². The molecule has 0 bridgehead atoms. The predicted octanol–water partition coefficient (Wildman–Crippen LogP) is 2.11. The highest BCUT2D eigenvalue weighted by Gasteiger charge is 2.34. The molecule has 2 fully saturated rings. The van der Waals surface area contributed by atoms with Crippen molar-refractivity contribution in [2.24, 2.45) is 5.73 Å². The lowest BCUT2D eigenvalue weighted by Crippen LogP contribution is -2.32. The van der Waals surface area contributed by atoms with Gasteiger partial charge in [0, 0.05) is 30.7 Å². The molecule has 1 saturated heterocycles. The molecule has 1 saturated carbocycles. The second-order valence-corrected chi connectivity index (χ2v) is 7.11. The molecule has 2 N–H and O–H groups in total. The van der Waals surface area contributed by atoms with Gasteiger partial charge in [-0.15, -0.1) is 12.4 Å². The highest BCUT2D eigenvalue weighted by Crippen LogP contribution is 2.41. The molecule has 21 heavy (non-hydrogen) atoms. The maximum Gasteiger partial charge on any atom is 0.274 e. The Kier molecular flexibility index (Phi) is 4.36. The monoisotopic (exact) mass is 312 g/mol. The van der Waals surface area contributed by atoms with Gasteiger partial charge in [0.15, 0.2) is 5.69 Å². The van der Waals surface area contributed by atoms with Crippen LogP contribution < -0.4 is 5.73 Å². The number of halogens is 1. The van der Waals surface area contributed by atoms with Crippen LogP contribution in [0.1, 0.15) is 62.1 Å². The first-order valence-corrected chi connectivity index (χ1v) is 7.51. The molecule has 1 atom stereocenters. The van der Waals surface area contributed by atoms with Crippen molar-refractivity contribution in [3.8, 4) is 0 Å². The lowest BCUT2D eigenvalue weighted by molar-refractivity contribution is 0.0783. The Morgan fingerprint density at radius 3 is 2.48 bits per heavy atom. The summed E-state index contributed by atoms with van der Waals surface area (Å²) < 4.78 is 2.04. The van der Waals surface area contributed by atoms with Crippen molar-refractivity contribution in [3.05, 3.63) is 17.5 Å². The van der Waals surface area contributed by atoms with E-state index in [1.54, 1.807) is 0 Å². The minimum atomic E-state index is -0.0855. The molecule has 0 aromatic carbocycles. The lowest BCUT2D eigenvalue weighted by Gasteiger charge is -2.22. The zero-order valence-corrected chi connectivity index (χ0v) is 13.8. The molecular formula is C15H25ClN4O. The molecule has 2 aliphatic rings. The molecule has 1 aliphatic carbocycles. The zero-order chi connectivity index (χ0) is 14.5. The van der Waals surface area contributed by atoms with E-state index in [4.69, 9.17) is 5.73 Å². The van der Waals surface area contributed by atoms with Crippen LogP contribution in [0.2, 0.25) is 0 Å². The Balaban J connectivity index is 0.00000161. The van der Waals surface area contributed by atoms with Gasteiger partial charge in [-0.3, -0.25) is 9.48 Å². The number of amides is 1. The van der Waals surface area contributed by atoms with Crippen LogP contribution >= 0.6 is 12.4 Å². The Bertz CT molecular complexity index is 530. The van der Waals surface area contributed by atoms with Crippen LogP contribution in [0.3, 0.4) is 0 Å². The van der Waals surface area contributed by atoms with Gasteiger partial charge < -0.3 is 10.6 Å². The standard InChI is InChI=1S/C15H24N4O.ClH/c1-15(2,3)19-13(10-4-5-10)8-12(17-19)14(20)18-7-6-11(16)9-18;/h8,10-11H,4-7,9,16H2,1-3H3;1H/t11-;/m1./s1. The third kappa shape index (κ3) is 3.24. The number of likely N-dealkylation sites (tertiary alicyclic amines) is 1. The number of rotatable bonds is 2. The van der Waals surface area contributed by atoms with Crippen molar-refractivity contribution < 1.29 is 4.79 Å². The Morgan fingerprint density at radius 1 is 1.33 bits per heavy atom. The van der Waals surface area contributed by atoms with Gasteiger partial charge in [-0.1, -0.05) is 0 Å². The van der Waals surface area contributed by atoms with E-state index >= 15 is 0 Å². The number of aromatic nitrogens is 2. The largest absolute Gasteiger partial charge is 0.336 e. The van der Waals surface area contributed by atoms with Crippen LogP contribution in [0.25, 0.3) is 0 Å². The van der Waals surface area contributed by atoms with Crippen LogP contribution in [-0.2, 0) is 5.54 Å². The molecule has 1 amide bonds. The van der Waals surface area contributed by atoms with E-state index in [-0.39, 0.29) is 29.9 Å². The topological polar surface area (TPSA) is 64.2 Å². The summed E-state index contributed by atoms with van der Waals surface area (Å²) in [4.78, 5) is 14.4. The fourth-order valence-electron chi connectivity index (χ4n) is 2.84. The van der Waals surface area contributed by atoms with Crippen molar-refractivity contribution in [1.29, 1.82) is 0 Å². The highest BCUT2D eigenvalue weighted by molar-refractivity contribution is 5.92. The summed E-state index contributed by atoms with van der Waals surface area (Å²) in [6.45, 7) is 7.80. The second-order valence-electron chi connectivity index (χ2n) is 7.11. The number of carbonyl (C=O) groups is 1.